The standard InChI is InChI=1S/C11H16O5/c1-7(6-15-2)5-8(12)9-3-4-10(16-9)11(13)14/h3-4,7-8,12H,5-6H2,1-2H3,(H,13,14). The summed E-state index contributed by atoms with van der Waals surface area (Å²) < 4.78 is 9.94. The minimum absolute atomic E-state index is 0.159. The van der Waals surface area contributed by atoms with E-state index >= 15 is 0 Å². The van der Waals surface area contributed by atoms with E-state index in [4.69, 9.17) is 14.3 Å². The molecule has 2 unspecified atom stereocenters. The Morgan fingerprint density at radius 2 is 2.25 bits per heavy atom. The van der Waals surface area contributed by atoms with Crippen LogP contribution in [-0.4, -0.2) is 29.9 Å². The molecule has 0 saturated carbocycles. The largest absolute Gasteiger partial charge is 0.475 e. The first kappa shape index (κ1) is 12.7. The Hall–Kier alpha value is -1.33. The van der Waals surface area contributed by atoms with Crippen molar-refractivity contribution in [2.24, 2.45) is 5.92 Å². The molecule has 0 aromatic carbocycles. The maximum Gasteiger partial charge on any atom is 0.371 e. The number of aliphatic hydroxyl groups excluding tert-OH is 1. The van der Waals surface area contributed by atoms with Crippen molar-refractivity contribution >= 4 is 5.97 Å². The molecule has 0 saturated heterocycles. The van der Waals surface area contributed by atoms with E-state index in [-0.39, 0.29) is 17.4 Å². The number of hydrogen-bond acceptors (Lipinski definition) is 4. The van der Waals surface area contributed by atoms with Crippen LogP contribution >= 0.6 is 0 Å². The summed E-state index contributed by atoms with van der Waals surface area (Å²) >= 11 is 0. The third-order valence-corrected chi connectivity index (χ3v) is 2.24. The number of aliphatic hydroxyl groups is 1. The van der Waals surface area contributed by atoms with Crippen molar-refractivity contribution < 1.29 is 24.2 Å². The third-order valence-electron chi connectivity index (χ3n) is 2.24. The summed E-state index contributed by atoms with van der Waals surface area (Å²) in [5.41, 5.74) is 0. The highest BCUT2D eigenvalue weighted by molar-refractivity contribution is 5.84. The number of rotatable bonds is 6. The number of carbonyl (C=O) groups is 1. The van der Waals surface area contributed by atoms with Gasteiger partial charge in [0.2, 0.25) is 5.76 Å². The fourth-order valence-corrected chi connectivity index (χ4v) is 1.50. The summed E-state index contributed by atoms with van der Waals surface area (Å²) in [7, 11) is 1.60. The van der Waals surface area contributed by atoms with E-state index in [1.165, 1.54) is 12.1 Å². The Balaban J connectivity index is 2.58. The van der Waals surface area contributed by atoms with Gasteiger partial charge >= 0.3 is 5.97 Å². The highest BCUT2D eigenvalue weighted by atomic mass is 16.5. The van der Waals surface area contributed by atoms with E-state index in [9.17, 15) is 9.90 Å². The van der Waals surface area contributed by atoms with Gasteiger partial charge in [-0.3, -0.25) is 0 Å². The molecule has 0 fully saturated rings. The maximum atomic E-state index is 10.6. The van der Waals surface area contributed by atoms with Crippen LogP contribution in [0.1, 0.15) is 35.8 Å². The number of ether oxygens (including phenoxy) is 1. The fraction of sp³-hybridized carbons (Fsp3) is 0.545. The van der Waals surface area contributed by atoms with Crippen LogP contribution in [0.4, 0.5) is 0 Å². The van der Waals surface area contributed by atoms with Gasteiger partial charge in [-0.2, -0.15) is 0 Å². The second-order valence-electron chi connectivity index (χ2n) is 3.82. The summed E-state index contributed by atoms with van der Waals surface area (Å²) in [6.45, 7) is 2.48. The maximum absolute atomic E-state index is 10.6. The third kappa shape index (κ3) is 3.36. The predicted molar refractivity (Wildman–Crippen MR) is 56.3 cm³/mol. The molecular formula is C11H16O5. The van der Waals surface area contributed by atoms with Crippen LogP contribution in [0.2, 0.25) is 0 Å². The van der Waals surface area contributed by atoms with Gasteiger partial charge in [-0.15, -0.1) is 0 Å². The molecule has 0 amide bonds. The Bertz CT molecular complexity index is 344. The Morgan fingerprint density at radius 3 is 2.75 bits per heavy atom. The molecule has 0 radical (unpaired) electrons. The molecule has 0 spiro atoms. The molecule has 0 bridgehead atoms. The zero-order chi connectivity index (χ0) is 12.1. The minimum atomic E-state index is -1.14. The van der Waals surface area contributed by atoms with E-state index in [1.807, 2.05) is 6.92 Å². The summed E-state index contributed by atoms with van der Waals surface area (Å²) in [6, 6.07) is 2.81. The highest BCUT2D eigenvalue weighted by Gasteiger charge is 2.17. The molecular weight excluding hydrogens is 212 g/mol. The van der Waals surface area contributed by atoms with Gasteiger partial charge in [-0.25, -0.2) is 4.79 Å². The molecule has 90 valence electrons. The van der Waals surface area contributed by atoms with Crippen molar-refractivity contribution in [2.45, 2.75) is 19.4 Å². The van der Waals surface area contributed by atoms with Gasteiger partial charge in [0.15, 0.2) is 0 Å². The van der Waals surface area contributed by atoms with Gasteiger partial charge in [-0.1, -0.05) is 6.92 Å². The number of aromatic carboxylic acids is 1. The van der Waals surface area contributed by atoms with Gasteiger partial charge in [0, 0.05) is 13.7 Å². The molecule has 16 heavy (non-hydrogen) atoms. The van der Waals surface area contributed by atoms with E-state index in [0.29, 0.717) is 13.0 Å². The summed E-state index contributed by atoms with van der Waals surface area (Å²) in [4.78, 5) is 10.6. The zero-order valence-electron chi connectivity index (χ0n) is 9.34. The monoisotopic (exact) mass is 228 g/mol. The average Bonchev–Trinajstić information content (AvgIpc) is 2.66. The quantitative estimate of drug-likeness (QED) is 0.774. The van der Waals surface area contributed by atoms with Gasteiger partial charge < -0.3 is 19.4 Å². The van der Waals surface area contributed by atoms with Crippen molar-refractivity contribution in [3.63, 3.8) is 0 Å². The lowest BCUT2D eigenvalue weighted by atomic mass is 10.0. The summed E-state index contributed by atoms with van der Waals surface area (Å²) in [5.74, 6) is -0.837. The van der Waals surface area contributed by atoms with Crippen LogP contribution in [0.3, 0.4) is 0 Å². The SMILES string of the molecule is COCC(C)CC(O)c1ccc(C(=O)O)o1. The molecule has 5 heteroatoms. The lowest BCUT2D eigenvalue weighted by Gasteiger charge is -2.13. The van der Waals surface area contributed by atoms with E-state index in [2.05, 4.69) is 0 Å². The normalized spacial score (nSPS) is 14.7. The second kappa shape index (κ2) is 5.67. The van der Waals surface area contributed by atoms with Gasteiger partial charge in [0.1, 0.15) is 11.9 Å². The van der Waals surface area contributed by atoms with Gasteiger partial charge in [-0.05, 0) is 24.5 Å². The van der Waals surface area contributed by atoms with E-state index < -0.39 is 12.1 Å². The second-order valence-corrected chi connectivity index (χ2v) is 3.82. The molecule has 2 atom stereocenters. The van der Waals surface area contributed by atoms with E-state index in [0.717, 1.165) is 0 Å². The lowest BCUT2D eigenvalue weighted by Crippen LogP contribution is -2.09. The molecule has 0 aliphatic heterocycles. The molecule has 1 rings (SSSR count). The highest BCUT2D eigenvalue weighted by Crippen LogP contribution is 2.23. The summed E-state index contributed by atoms with van der Waals surface area (Å²) in [5, 5.41) is 18.4. The molecule has 1 heterocycles. The molecule has 2 N–H and O–H groups in total. The van der Waals surface area contributed by atoms with Crippen LogP contribution in [0.25, 0.3) is 0 Å². The average molecular weight is 228 g/mol. The number of carboxylic acids is 1. The summed E-state index contributed by atoms with van der Waals surface area (Å²) in [6.07, 6.45) is -0.321. The first-order valence-corrected chi connectivity index (χ1v) is 5.04. The molecule has 1 aromatic rings. The smallest absolute Gasteiger partial charge is 0.371 e. The molecule has 0 aliphatic carbocycles. The minimum Gasteiger partial charge on any atom is -0.475 e. The van der Waals surface area contributed by atoms with Crippen LogP contribution in [0.5, 0.6) is 0 Å². The van der Waals surface area contributed by atoms with Gasteiger partial charge in [0.05, 0.1) is 0 Å². The number of furan rings is 1. The van der Waals surface area contributed by atoms with Crippen LogP contribution in [0, 0.1) is 5.92 Å². The molecule has 0 aliphatic rings. The molecule has 5 nitrogen and oxygen atoms in total. The van der Waals surface area contributed by atoms with Crippen LogP contribution < -0.4 is 0 Å². The first-order chi connectivity index (χ1) is 7.54. The van der Waals surface area contributed by atoms with Crippen LogP contribution in [0.15, 0.2) is 16.5 Å². The Kier molecular flexibility index (Phi) is 4.52. The Morgan fingerprint density at radius 1 is 1.56 bits per heavy atom. The fourth-order valence-electron chi connectivity index (χ4n) is 1.50. The topological polar surface area (TPSA) is 79.9 Å². The van der Waals surface area contributed by atoms with Gasteiger partial charge in [0.25, 0.3) is 0 Å². The lowest BCUT2D eigenvalue weighted by molar-refractivity contribution is 0.0636. The van der Waals surface area contributed by atoms with E-state index in [1.54, 1.807) is 7.11 Å². The predicted octanol–water partition coefficient (Wildman–Crippen LogP) is 1.68. The van der Waals surface area contributed by atoms with Crippen molar-refractivity contribution in [3.8, 4) is 0 Å². The Labute approximate surface area is 93.6 Å². The number of hydrogen-bond donors (Lipinski definition) is 2. The first-order valence-electron chi connectivity index (χ1n) is 5.04. The van der Waals surface area contributed by atoms with Crippen LogP contribution in [-0.2, 0) is 4.74 Å². The number of carboxylic acid groups (broad SMARTS) is 1. The molecule has 1 aromatic heterocycles. The van der Waals surface area contributed by atoms with Crippen molar-refractivity contribution in [2.75, 3.05) is 13.7 Å². The van der Waals surface area contributed by atoms with Crippen molar-refractivity contribution in [1.29, 1.82) is 0 Å². The van der Waals surface area contributed by atoms with Crippen molar-refractivity contribution in [3.05, 3.63) is 23.7 Å². The number of methoxy groups -OCH3 is 1. The van der Waals surface area contributed by atoms with Crippen molar-refractivity contribution in [1.82, 2.24) is 0 Å². The zero-order valence-corrected chi connectivity index (χ0v) is 9.34.